The molecule has 4 fully saturated rings. The van der Waals surface area contributed by atoms with Crippen LogP contribution in [0.25, 0.3) is 0 Å². The van der Waals surface area contributed by atoms with E-state index >= 15 is 0 Å². The molecule has 0 spiro atoms. The second-order valence-corrected chi connectivity index (χ2v) is 8.57. The van der Waals surface area contributed by atoms with Gasteiger partial charge in [0.1, 0.15) is 0 Å². The lowest BCUT2D eigenvalue weighted by atomic mass is 9.48. The molecule has 4 aliphatic carbocycles. The molecule has 0 aromatic heterocycles. The molecule has 0 radical (unpaired) electrons. The topological polar surface area (TPSA) is 0 Å². The summed E-state index contributed by atoms with van der Waals surface area (Å²) < 4.78 is 0. The third-order valence-corrected chi connectivity index (χ3v) is 7.31. The maximum absolute atomic E-state index is 6.95. The Kier molecular flexibility index (Phi) is 3.29. The molecule has 4 aliphatic rings. The van der Waals surface area contributed by atoms with E-state index in [0.29, 0.717) is 15.5 Å². The summed E-state index contributed by atoms with van der Waals surface area (Å²) in [5.41, 5.74) is 1.47. The average Bonchev–Trinajstić information content (AvgIpc) is 2.39. The highest BCUT2D eigenvalue weighted by molar-refractivity contribution is 6.42. The molecule has 1 atom stereocenters. The van der Waals surface area contributed by atoms with E-state index in [0.717, 1.165) is 23.3 Å². The minimum atomic E-state index is 0.0886. The monoisotopic (exact) mass is 328 g/mol. The standard InChI is InChI=1S/C17H19Cl3/c18-14-2-1-13(6-15(14)19)16(20)17-7-10-3-11(8-17)5-12(4-10)9-17/h1-2,6,10-12,16H,3-5,7-9H2. The first kappa shape index (κ1) is 13.7. The molecule has 0 nitrogen and oxygen atoms in total. The average molecular weight is 330 g/mol. The lowest BCUT2D eigenvalue weighted by Gasteiger charge is -2.58. The van der Waals surface area contributed by atoms with Crippen LogP contribution in [0.15, 0.2) is 18.2 Å². The molecular formula is C17H19Cl3. The van der Waals surface area contributed by atoms with E-state index in [2.05, 4.69) is 6.07 Å². The van der Waals surface area contributed by atoms with Crippen molar-refractivity contribution in [3.8, 4) is 0 Å². The van der Waals surface area contributed by atoms with Gasteiger partial charge in [-0.15, -0.1) is 11.6 Å². The van der Waals surface area contributed by atoms with Crippen molar-refractivity contribution in [1.29, 1.82) is 0 Å². The molecule has 5 rings (SSSR count). The van der Waals surface area contributed by atoms with Crippen LogP contribution in [-0.4, -0.2) is 0 Å². The van der Waals surface area contributed by atoms with Crippen molar-refractivity contribution < 1.29 is 0 Å². The van der Waals surface area contributed by atoms with Gasteiger partial charge in [-0.2, -0.15) is 0 Å². The highest BCUT2D eigenvalue weighted by Gasteiger charge is 2.54. The molecule has 0 amide bonds. The van der Waals surface area contributed by atoms with Gasteiger partial charge in [0.15, 0.2) is 0 Å². The number of hydrogen-bond donors (Lipinski definition) is 0. The summed E-state index contributed by atoms with van der Waals surface area (Å²) in [4.78, 5) is 0. The zero-order valence-electron chi connectivity index (χ0n) is 11.4. The van der Waals surface area contributed by atoms with Crippen LogP contribution < -0.4 is 0 Å². The maximum Gasteiger partial charge on any atom is 0.0642 e. The Morgan fingerprint density at radius 1 is 0.900 bits per heavy atom. The van der Waals surface area contributed by atoms with Gasteiger partial charge in [0.25, 0.3) is 0 Å². The predicted octanol–water partition coefficient (Wildman–Crippen LogP) is 6.49. The molecule has 4 bridgehead atoms. The minimum Gasteiger partial charge on any atom is -0.117 e. The molecule has 1 unspecified atom stereocenters. The lowest BCUT2D eigenvalue weighted by Crippen LogP contribution is -2.47. The SMILES string of the molecule is Clc1ccc(C(Cl)C23CC4CC(CC(C4)C2)C3)cc1Cl. The van der Waals surface area contributed by atoms with Crippen LogP contribution in [0.5, 0.6) is 0 Å². The summed E-state index contributed by atoms with van der Waals surface area (Å²) in [6.07, 6.45) is 8.28. The van der Waals surface area contributed by atoms with Crippen molar-refractivity contribution in [2.75, 3.05) is 0 Å². The molecule has 20 heavy (non-hydrogen) atoms. The minimum absolute atomic E-state index is 0.0886. The third-order valence-electron chi connectivity index (χ3n) is 5.86. The number of benzene rings is 1. The molecule has 1 aromatic carbocycles. The Hall–Kier alpha value is 0.0900. The molecule has 4 saturated carbocycles. The number of rotatable bonds is 2. The van der Waals surface area contributed by atoms with Gasteiger partial charge in [-0.05, 0) is 79.4 Å². The largest absolute Gasteiger partial charge is 0.117 e. The van der Waals surface area contributed by atoms with E-state index in [1.807, 2.05) is 12.1 Å². The van der Waals surface area contributed by atoms with E-state index in [9.17, 15) is 0 Å². The summed E-state index contributed by atoms with van der Waals surface area (Å²) >= 11 is 19.2. The second kappa shape index (κ2) is 4.80. The molecular weight excluding hydrogens is 311 g/mol. The summed E-state index contributed by atoms with van der Waals surface area (Å²) in [5.74, 6) is 2.76. The fourth-order valence-corrected chi connectivity index (χ4v) is 6.22. The van der Waals surface area contributed by atoms with E-state index in [-0.39, 0.29) is 5.38 Å². The van der Waals surface area contributed by atoms with Crippen LogP contribution >= 0.6 is 34.8 Å². The summed E-state index contributed by atoms with van der Waals surface area (Å²) in [6, 6.07) is 5.92. The summed E-state index contributed by atoms with van der Waals surface area (Å²) in [7, 11) is 0. The van der Waals surface area contributed by atoms with E-state index in [4.69, 9.17) is 34.8 Å². The second-order valence-electron chi connectivity index (χ2n) is 7.32. The van der Waals surface area contributed by atoms with E-state index in [1.165, 1.54) is 38.5 Å². The highest BCUT2D eigenvalue weighted by atomic mass is 35.5. The van der Waals surface area contributed by atoms with Crippen LogP contribution in [0, 0.1) is 23.2 Å². The van der Waals surface area contributed by atoms with Crippen molar-refractivity contribution in [3.05, 3.63) is 33.8 Å². The van der Waals surface area contributed by atoms with Gasteiger partial charge in [-0.1, -0.05) is 29.3 Å². The first-order chi connectivity index (χ1) is 9.56. The molecule has 1 aromatic rings. The Bertz CT molecular complexity index is 502. The highest BCUT2D eigenvalue weighted by Crippen LogP contribution is 2.65. The Morgan fingerprint density at radius 3 is 1.95 bits per heavy atom. The van der Waals surface area contributed by atoms with Crippen LogP contribution in [0.4, 0.5) is 0 Å². The molecule has 0 heterocycles. The number of hydrogen-bond acceptors (Lipinski definition) is 0. The fourth-order valence-electron chi connectivity index (χ4n) is 5.51. The van der Waals surface area contributed by atoms with Crippen molar-refractivity contribution in [1.82, 2.24) is 0 Å². The fraction of sp³-hybridized carbons (Fsp3) is 0.647. The first-order valence-electron chi connectivity index (χ1n) is 7.65. The lowest BCUT2D eigenvalue weighted by molar-refractivity contribution is -0.0552. The van der Waals surface area contributed by atoms with Crippen molar-refractivity contribution >= 4 is 34.8 Å². The maximum atomic E-state index is 6.95. The van der Waals surface area contributed by atoms with Crippen LogP contribution in [-0.2, 0) is 0 Å². The normalized spacial score (nSPS) is 40.0. The third kappa shape index (κ3) is 2.11. The van der Waals surface area contributed by atoms with Crippen LogP contribution in [0.2, 0.25) is 10.0 Å². The van der Waals surface area contributed by atoms with E-state index < -0.39 is 0 Å². The number of alkyl halides is 1. The van der Waals surface area contributed by atoms with Gasteiger partial charge >= 0.3 is 0 Å². The quantitative estimate of drug-likeness (QED) is 0.544. The Balaban J connectivity index is 1.67. The van der Waals surface area contributed by atoms with Crippen molar-refractivity contribution in [2.24, 2.45) is 23.2 Å². The van der Waals surface area contributed by atoms with Crippen LogP contribution in [0.1, 0.15) is 49.5 Å². The smallest absolute Gasteiger partial charge is 0.0642 e. The Labute approximate surface area is 135 Å². The molecule has 108 valence electrons. The van der Waals surface area contributed by atoms with Gasteiger partial charge in [0.2, 0.25) is 0 Å². The first-order valence-corrected chi connectivity index (χ1v) is 8.84. The molecule has 3 heteroatoms. The van der Waals surface area contributed by atoms with Gasteiger partial charge in [0.05, 0.1) is 15.4 Å². The van der Waals surface area contributed by atoms with Crippen molar-refractivity contribution in [2.45, 2.75) is 43.9 Å². The zero-order chi connectivity index (χ0) is 13.9. The van der Waals surface area contributed by atoms with Gasteiger partial charge in [0, 0.05) is 0 Å². The van der Waals surface area contributed by atoms with Gasteiger partial charge < -0.3 is 0 Å². The van der Waals surface area contributed by atoms with Crippen molar-refractivity contribution in [3.63, 3.8) is 0 Å². The van der Waals surface area contributed by atoms with Gasteiger partial charge in [-0.25, -0.2) is 0 Å². The van der Waals surface area contributed by atoms with Gasteiger partial charge in [-0.3, -0.25) is 0 Å². The Morgan fingerprint density at radius 2 is 1.45 bits per heavy atom. The predicted molar refractivity (Wildman–Crippen MR) is 85.7 cm³/mol. The van der Waals surface area contributed by atoms with E-state index in [1.54, 1.807) is 0 Å². The molecule has 0 N–H and O–H groups in total. The molecule has 0 saturated heterocycles. The number of halogens is 3. The van der Waals surface area contributed by atoms with Crippen LogP contribution in [0.3, 0.4) is 0 Å². The summed E-state index contributed by atoms with van der Waals surface area (Å²) in [6.45, 7) is 0. The molecule has 0 aliphatic heterocycles. The summed E-state index contributed by atoms with van der Waals surface area (Å²) in [5, 5.41) is 1.33. The zero-order valence-corrected chi connectivity index (χ0v) is 13.7.